The van der Waals surface area contributed by atoms with Crippen LogP contribution in [0.4, 0.5) is 14.9 Å². The Morgan fingerprint density at radius 2 is 1.73 bits per heavy atom. The van der Waals surface area contributed by atoms with Crippen molar-refractivity contribution in [2.45, 2.75) is 13.5 Å². The Kier molecular flexibility index (Phi) is 8.70. The van der Waals surface area contributed by atoms with E-state index in [-0.39, 0.29) is 29.2 Å². The monoisotopic (exact) mass is 634 g/mol. The number of halogens is 2. The number of rotatable bonds is 9. The number of nitrogens with one attached hydrogen (secondary N) is 1. The van der Waals surface area contributed by atoms with E-state index in [0.29, 0.717) is 33.8 Å². The summed E-state index contributed by atoms with van der Waals surface area (Å²) < 4.78 is 25.1. The number of fused-ring (bicyclic) bond motifs is 1. The van der Waals surface area contributed by atoms with Gasteiger partial charge in [0.15, 0.2) is 18.1 Å². The second-order valence-corrected chi connectivity index (χ2v) is 10.9. The zero-order valence-corrected chi connectivity index (χ0v) is 24.3. The van der Waals surface area contributed by atoms with Crippen LogP contribution in [0.15, 0.2) is 88.2 Å². The Bertz CT molecular complexity index is 1670. The third-order valence-electron chi connectivity index (χ3n) is 6.22. The quantitative estimate of drug-likeness (QED) is 0.193. The van der Waals surface area contributed by atoms with Gasteiger partial charge in [0.25, 0.3) is 17.1 Å². The molecule has 1 saturated heterocycles. The number of thioether (sulfide) groups is 1. The summed E-state index contributed by atoms with van der Waals surface area (Å²) in [4.78, 5) is 40.0. The van der Waals surface area contributed by atoms with Crippen LogP contribution in [0.3, 0.4) is 0 Å². The van der Waals surface area contributed by atoms with Crippen LogP contribution in [0.2, 0.25) is 0 Å². The number of hydrogen-bond donors (Lipinski definition) is 1. The zero-order valence-electron chi connectivity index (χ0n) is 21.9. The van der Waals surface area contributed by atoms with Crippen molar-refractivity contribution in [1.82, 2.24) is 4.90 Å². The van der Waals surface area contributed by atoms with Crippen molar-refractivity contribution in [1.29, 1.82) is 0 Å². The average molecular weight is 636 g/mol. The molecule has 4 aromatic rings. The van der Waals surface area contributed by atoms with Gasteiger partial charge in [-0.25, -0.2) is 4.39 Å². The molecule has 1 fully saturated rings. The maximum atomic E-state index is 13.3. The van der Waals surface area contributed by atoms with Crippen molar-refractivity contribution in [2.24, 2.45) is 0 Å². The maximum absolute atomic E-state index is 13.3. The number of ether oxygens (including phenoxy) is 2. The molecule has 1 aliphatic heterocycles. The van der Waals surface area contributed by atoms with Gasteiger partial charge in [0, 0.05) is 10.2 Å². The SMILES string of the molecule is CCOc1cc(/C=C2/SC(=O)N(Cc3cccc4ccccc34)C2=O)c(Br)cc1OCC(=O)Nc1ccc(F)cc1. The van der Waals surface area contributed by atoms with Crippen LogP contribution in [0.1, 0.15) is 18.1 Å². The van der Waals surface area contributed by atoms with Gasteiger partial charge in [-0.2, -0.15) is 0 Å². The minimum atomic E-state index is -0.431. The first-order valence-electron chi connectivity index (χ1n) is 12.7. The molecular weight excluding hydrogens is 611 g/mol. The van der Waals surface area contributed by atoms with Crippen molar-refractivity contribution < 1.29 is 28.2 Å². The molecule has 0 atom stereocenters. The fourth-order valence-electron chi connectivity index (χ4n) is 4.29. The van der Waals surface area contributed by atoms with Gasteiger partial charge in [0.1, 0.15) is 5.82 Å². The van der Waals surface area contributed by atoms with E-state index in [2.05, 4.69) is 21.2 Å². The number of amides is 3. The summed E-state index contributed by atoms with van der Waals surface area (Å²) in [6.45, 7) is 2.00. The molecule has 10 heteroatoms. The molecule has 0 aromatic heterocycles. The van der Waals surface area contributed by atoms with E-state index in [9.17, 15) is 18.8 Å². The normalized spacial score (nSPS) is 14.1. The first-order chi connectivity index (χ1) is 19.8. The predicted octanol–water partition coefficient (Wildman–Crippen LogP) is 7.39. The molecule has 5 rings (SSSR count). The van der Waals surface area contributed by atoms with Gasteiger partial charge >= 0.3 is 0 Å². The van der Waals surface area contributed by atoms with E-state index in [0.717, 1.165) is 28.1 Å². The lowest BCUT2D eigenvalue weighted by Gasteiger charge is -2.15. The molecule has 0 saturated carbocycles. The molecule has 4 aromatic carbocycles. The first kappa shape index (κ1) is 28.4. The fraction of sp³-hybridized carbons (Fsp3) is 0.129. The van der Waals surface area contributed by atoms with Crippen molar-refractivity contribution in [2.75, 3.05) is 18.5 Å². The Morgan fingerprint density at radius 1 is 1.00 bits per heavy atom. The lowest BCUT2D eigenvalue weighted by atomic mass is 10.0. The van der Waals surface area contributed by atoms with Gasteiger partial charge in [0.05, 0.1) is 18.1 Å². The molecular formula is C31H24BrFN2O5S. The molecule has 0 spiro atoms. The van der Waals surface area contributed by atoms with Gasteiger partial charge in [-0.05, 0) is 83.1 Å². The van der Waals surface area contributed by atoms with E-state index in [4.69, 9.17) is 9.47 Å². The highest BCUT2D eigenvalue weighted by molar-refractivity contribution is 9.10. The fourth-order valence-corrected chi connectivity index (χ4v) is 5.56. The molecule has 3 amide bonds. The minimum Gasteiger partial charge on any atom is -0.490 e. The highest BCUT2D eigenvalue weighted by Gasteiger charge is 2.35. The Hall–Kier alpha value is -4.15. The summed E-state index contributed by atoms with van der Waals surface area (Å²) in [6, 6.07) is 22.4. The van der Waals surface area contributed by atoms with Gasteiger partial charge in [0.2, 0.25) is 0 Å². The lowest BCUT2D eigenvalue weighted by Crippen LogP contribution is -2.27. The second-order valence-electron chi connectivity index (χ2n) is 9.00. The van der Waals surface area contributed by atoms with E-state index in [1.165, 1.54) is 29.2 Å². The molecule has 41 heavy (non-hydrogen) atoms. The Labute approximate surface area is 248 Å². The van der Waals surface area contributed by atoms with E-state index in [1.54, 1.807) is 18.2 Å². The molecule has 208 valence electrons. The number of carbonyl (C=O) groups is 3. The summed E-state index contributed by atoms with van der Waals surface area (Å²) in [5.41, 5.74) is 1.93. The number of anilines is 1. The minimum absolute atomic E-state index is 0.168. The number of imide groups is 1. The average Bonchev–Trinajstić information content (AvgIpc) is 3.22. The summed E-state index contributed by atoms with van der Waals surface area (Å²) in [5, 5.41) is 4.32. The van der Waals surface area contributed by atoms with Crippen LogP contribution < -0.4 is 14.8 Å². The van der Waals surface area contributed by atoms with Crippen LogP contribution in [0, 0.1) is 5.82 Å². The molecule has 1 aliphatic rings. The highest BCUT2D eigenvalue weighted by atomic mass is 79.9. The molecule has 0 bridgehead atoms. The Balaban J connectivity index is 1.32. The number of carbonyl (C=O) groups excluding carboxylic acids is 3. The predicted molar refractivity (Wildman–Crippen MR) is 161 cm³/mol. The van der Waals surface area contributed by atoms with Gasteiger partial charge in [-0.15, -0.1) is 0 Å². The van der Waals surface area contributed by atoms with Crippen LogP contribution >= 0.6 is 27.7 Å². The van der Waals surface area contributed by atoms with Crippen LogP contribution in [-0.2, 0) is 16.1 Å². The second kappa shape index (κ2) is 12.6. The topological polar surface area (TPSA) is 84.9 Å². The smallest absolute Gasteiger partial charge is 0.293 e. The van der Waals surface area contributed by atoms with Crippen LogP contribution in [-0.4, -0.2) is 35.2 Å². The van der Waals surface area contributed by atoms with Crippen molar-refractivity contribution in [3.8, 4) is 11.5 Å². The molecule has 1 heterocycles. The van der Waals surface area contributed by atoms with E-state index in [1.807, 2.05) is 49.4 Å². The van der Waals surface area contributed by atoms with Crippen molar-refractivity contribution >= 4 is 67.3 Å². The standard InChI is InChI=1S/C31H24BrFN2O5S/c1-2-39-26-14-21(25(32)16-27(26)40-18-29(36)34-23-12-10-22(33)11-13-23)15-28-30(37)35(31(38)41-28)17-20-8-5-7-19-6-3-4-9-24(19)20/h3-16H,2,17-18H2,1H3,(H,34,36)/b28-15+. The summed E-state index contributed by atoms with van der Waals surface area (Å²) >= 11 is 4.38. The zero-order chi connectivity index (χ0) is 28.9. The Morgan fingerprint density at radius 3 is 2.51 bits per heavy atom. The van der Waals surface area contributed by atoms with Crippen LogP contribution in [0.5, 0.6) is 11.5 Å². The third kappa shape index (κ3) is 6.61. The van der Waals surface area contributed by atoms with Gasteiger partial charge in [-0.3, -0.25) is 19.3 Å². The van der Waals surface area contributed by atoms with Crippen molar-refractivity contribution in [3.63, 3.8) is 0 Å². The molecule has 0 radical (unpaired) electrons. The van der Waals surface area contributed by atoms with E-state index < -0.39 is 11.7 Å². The number of nitrogens with zero attached hydrogens (tertiary/aromatic N) is 1. The van der Waals surface area contributed by atoms with Gasteiger partial charge in [-0.1, -0.05) is 58.4 Å². The molecule has 1 N–H and O–H groups in total. The number of hydrogen-bond acceptors (Lipinski definition) is 6. The van der Waals surface area contributed by atoms with Gasteiger partial charge < -0.3 is 14.8 Å². The first-order valence-corrected chi connectivity index (χ1v) is 14.3. The number of benzene rings is 4. The highest BCUT2D eigenvalue weighted by Crippen LogP contribution is 2.39. The van der Waals surface area contributed by atoms with E-state index >= 15 is 0 Å². The van der Waals surface area contributed by atoms with Crippen molar-refractivity contribution in [3.05, 3.63) is 105 Å². The largest absolute Gasteiger partial charge is 0.490 e. The molecule has 0 unspecified atom stereocenters. The summed E-state index contributed by atoms with van der Waals surface area (Å²) in [5.74, 6) is -0.532. The molecule has 7 nitrogen and oxygen atoms in total. The maximum Gasteiger partial charge on any atom is 0.293 e. The van der Waals surface area contributed by atoms with Crippen LogP contribution in [0.25, 0.3) is 16.8 Å². The summed E-state index contributed by atoms with van der Waals surface area (Å²) in [6.07, 6.45) is 1.63. The summed E-state index contributed by atoms with van der Waals surface area (Å²) in [7, 11) is 0. The molecule has 0 aliphatic carbocycles. The lowest BCUT2D eigenvalue weighted by molar-refractivity contribution is -0.123. The third-order valence-corrected chi connectivity index (χ3v) is 7.81.